The summed E-state index contributed by atoms with van der Waals surface area (Å²) in [6.45, 7) is 0.661. The zero-order valence-electron chi connectivity index (χ0n) is 9.16. The summed E-state index contributed by atoms with van der Waals surface area (Å²) in [4.78, 5) is 12.0. The molecule has 0 aromatic carbocycles. The van der Waals surface area contributed by atoms with Gasteiger partial charge in [-0.1, -0.05) is 11.3 Å². The molecule has 2 rings (SSSR count). The predicted octanol–water partition coefficient (Wildman–Crippen LogP) is 2.07. The fraction of sp³-hybridized carbons (Fsp3) is 0.300. The highest BCUT2D eigenvalue weighted by Gasteiger charge is 2.20. The first-order valence-corrected chi connectivity index (χ1v) is 7.21. The van der Waals surface area contributed by atoms with E-state index < -0.39 is 5.97 Å². The molecule has 0 spiro atoms. The number of thiophene rings is 1. The summed E-state index contributed by atoms with van der Waals surface area (Å²) >= 11 is 3.18. The third kappa shape index (κ3) is 2.50. The van der Waals surface area contributed by atoms with Crippen LogP contribution in [-0.4, -0.2) is 38.1 Å². The van der Waals surface area contributed by atoms with Crippen LogP contribution in [0, 0.1) is 0 Å². The SMILES string of the molecule is CSCCn1nnc(C(=O)O)c1-c1cccs1. The number of carbonyl (C=O) groups is 1. The topological polar surface area (TPSA) is 68.0 Å². The van der Waals surface area contributed by atoms with Crippen LogP contribution in [0.25, 0.3) is 10.6 Å². The largest absolute Gasteiger partial charge is 0.476 e. The smallest absolute Gasteiger partial charge is 0.358 e. The van der Waals surface area contributed by atoms with Gasteiger partial charge in [-0.3, -0.25) is 0 Å². The van der Waals surface area contributed by atoms with Gasteiger partial charge in [0, 0.05) is 5.75 Å². The fourth-order valence-corrected chi connectivity index (χ4v) is 2.58. The number of hydrogen-bond acceptors (Lipinski definition) is 5. The second-order valence-corrected chi connectivity index (χ2v) is 5.22. The minimum atomic E-state index is -1.04. The molecule has 0 bridgehead atoms. The first kappa shape index (κ1) is 12.1. The molecule has 2 heterocycles. The molecule has 2 aromatic rings. The molecule has 0 saturated carbocycles. The first-order valence-electron chi connectivity index (χ1n) is 4.93. The highest BCUT2D eigenvalue weighted by molar-refractivity contribution is 7.98. The maximum atomic E-state index is 11.1. The fourth-order valence-electron chi connectivity index (χ4n) is 1.45. The third-order valence-electron chi connectivity index (χ3n) is 2.20. The monoisotopic (exact) mass is 269 g/mol. The molecule has 0 fully saturated rings. The van der Waals surface area contributed by atoms with Crippen molar-refractivity contribution < 1.29 is 9.90 Å². The molecule has 0 saturated heterocycles. The van der Waals surface area contributed by atoms with Crippen LogP contribution in [0.3, 0.4) is 0 Å². The van der Waals surface area contributed by atoms with Gasteiger partial charge in [0.1, 0.15) is 5.69 Å². The highest BCUT2D eigenvalue weighted by atomic mass is 32.2. The van der Waals surface area contributed by atoms with E-state index in [0.29, 0.717) is 12.2 Å². The number of aromatic nitrogens is 3. The van der Waals surface area contributed by atoms with E-state index in [9.17, 15) is 4.79 Å². The molecular formula is C10H11N3O2S2. The molecule has 0 aliphatic heterocycles. The van der Waals surface area contributed by atoms with Crippen LogP contribution >= 0.6 is 23.1 Å². The normalized spacial score (nSPS) is 10.6. The number of hydrogen-bond donors (Lipinski definition) is 1. The second-order valence-electron chi connectivity index (χ2n) is 3.29. The van der Waals surface area contributed by atoms with E-state index in [0.717, 1.165) is 10.6 Å². The molecular weight excluding hydrogens is 258 g/mol. The van der Waals surface area contributed by atoms with Gasteiger partial charge in [0.15, 0.2) is 5.69 Å². The van der Waals surface area contributed by atoms with Gasteiger partial charge in [-0.25, -0.2) is 9.48 Å². The number of nitrogens with zero attached hydrogens (tertiary/aromatic N) is 3. The molecule has 7 heteroatoms. The summed E-state index contributed by atoms with van der Waals surface area (Å²) in [5.41, 5.74) is 0.620. The van der Waals surface area contributed by atoms with E-state index in [1.807, 2.05) is 23.8 Å². The minimum Gasteiger partial charge on any atom is -0.476 e. The van der Waals surface area contributed by atoms with E-state index in [1.165, 1.54) is 11.3 Å². The van der Waals surface area contributed by atoms with Crippen LogP contribution < -0.4 is 0 Å². The lowest BCUT2D eigenvalue weighted by Crippen LogP contribution is -2.05. The maximum absolute atomic E-state index is 11.1. The summed E-state index contributed by atoms with van der Waals surface area (Å²) in [6, 6.07) is 3.77. The van der Waals surface area contributed by atoms with E-state index in [1.54, 1.807) is 16.4 Å². The van der Waals surface area contributed by atoms with Crippen molar-refractivity contribution in [1.29, 1.82) is 0 Å². The van der Waals surface area contributed by atoms with Crippen molar-refractivity contribution in [3.05, 3.63) is 23.2 Å². The second kappa shape index (κ2) is 5.33. The number of aromatic carboxylic acids is 1. The Labute approximate surface area is 106 Å². The number of aryl methyl sites for hydroxylation is 1. The van der Waals surface area contributed by atoms with E-state index in [4.69, 9.17) is 5.11 Å². The zero-order chi connectivity index (χ0) is 12.3. The van der Waals surface area contributed by atoms with Gasteiger partial charge < -0.3 is 5.11 Å². The molecule has 0 atom stereocenters. The average Bonchev–Trinajstić information content (AvgIpc) is 2.94. The molecule has 5 nitrogen and oxygen atoms in total. The van der Waals surface area contributed by atoms with Crippen LogP contribution in [0.2, 0.25) is 0 Å². The molecule has 0 radical (unpaired) electrons. The van der Waals surface area contributed by atoms with Gasteiger partial charge in [-0.15, -0.1) is 16.4 Å². The van der Waals surface area contributed by atoms with Crippen molar-refractivity contribution >= 4 is 29.1 Å². The van der Waals surface area contributed by atoms with Crippen molar-refractivity contribution in [2.45, 2.75) is 6.54 Å². The molecule has 2 aromatic heterocycles. The van der Waals surface area contributed by atoms with E-state index in [-0.39, 0.29) is 5.69 Å². The van der Waals surface area contributed by atoms with Gasteiger partial charge in [-0.2, -0.15) is 11.8 Å². The number of rotatable bonds is 5. The Morgan fingerprint density at radius 2 is 2.47 bits per heavy atom. The lowest BCUT2D eigenvalue weighted by molar-refractivity contribution is 0.0691. The molecule has 0 aliphatic carbocycles. The van der Waals surface area contributed by atoms with Crippen LogP contribution in [0.15, 0.2) is 17.5 Å². The Kier molecular flexibility index (Phi) is 3.80. The Bertz CT molecular complexity index is 508. The number of carboxylic acid groups (broad SMARTS) is 1. The van der Waals surface area contributed by atoms with Crippen molar-refractivity contribution in [2.75, 3.05) is 12.0 Å². The Balaban J connectivity index is 2.44. The summed E-state index contributed by atoms with van der Waals surface area (Å²) in [5.74, 6) is -0.162. The van der Waals surface area contributed by atoms with Crippen LogP contribution in [-0.2, 0) is 6.54 Å². The summed E-state index contributed by atoms with van der Waals surface area (Å²) in [7, 11) is 0. The van der Waals surface area contributed by atoms with Crippen molar-refractivity contribution in [3.63, 3.8) is 0 Å². The first-order chi connectivity index (χ1) is 8.24. The Morgan fingerprint density at radius 3 is 3.06 bits per heavy atom. The van der Waals surface area contributed by atoms with E-state index >= 15 is 0 Å². The van der Waals surface area contributed by atoms with Gasteiger partial charge >= 0.3 is 5.97 Å². The van der Waals surface area contributed by atoms with Crippen molar-refractivity contribution in [2.24, 2.45) is 0 Å². The molecule has 0 unspecified atom stereocenters. The molecule has 17 heavy (non-hydrogen) atoms. The number of thioether (sulfide) groups is 1. The quantitative estimate of drug-likeness (QED) is 0.900. The van der Waals surface area contributed by atoms with Gasteiger partial charge in [-0.05, 0) is 17.7 Å². The highest BCUT2D eigenvalue weighted by Crippen LogP contribution is 2.27. The number of carboxylic acids is 1. The van der Waals surface area contributed by atoms with Gasteiger partial charge in [0.05, 0.1) is 11.4 Å². The van der Waals surface area contributed by atoms with Crippen LogP contribution in [0.1, 0.15) is 10.5 Å². The lowest BCUT2D eigenvalue weighted by Gasteiger charge is -2.03. The summed E-state index contributed by atoms with van der Waals surface area (Å²) in [5, 5.41) is 18.6. The summed E-state index contributed by atoms with van der Waals surface area (Å²) < 4.78 is 1.66. The Morgan fingerprint density at radius 1 is 1.65 bits per heavy atom. The minimum absolute atomic E-state index is 0.0218. The lowest BCUT2D eigenvalue weighted by atomic mass is 10.2. The molecule has 1 N–H and O–H groups in total. The molecule has 90 valence electrons. The average molecular weight is 269 g/mol. The van der Waals surface area contributed by atoms with Crippen molar-refractivity contribution in [1.82, 2.24) is 15.0 Å². The van der Waals surface area contributed by atoms with Crippen molar-refractivity contribution in [3.8, 4) is 10.6 Å². The van der Waals surface area contributed by atoms with Gasteiger partial charge in [0.25, 0.3) is 0 Å². The molecule has 0 amide bonds. The van der Waals surface area contributed by atoms with Crippen LogP contribution in [0.5, 0.6) is 0 Å². The Hall–Kier alpha value is -1.34. The zero-order valence-corrected chi connectivity index (χ0v) is 10.8. The molecule has 0 aliphatic rings. The standard InChI is InChI=1S/C10H11N3O2S2/c1-16-6-4-13-9(7-3-2-5-17-7)8(10(14)15)11-12-13/h2-3,5H,4,6H2,1H3,(H,14,15). The maximum Gasteiger partial charge on any atom is 0.358 e. The van der Waals surface area contributed by atoms with E-state index in [2.05, 4.69) is 10.3 Å². The van der Waals surface area contributed by atoms with Gasteiger partial charge in [0.2, 0.25) is 0 Å². The summed E-state index contributed by atoms with van der Waals surface area (Å²) in [6.07, 6.45) is 2.00. The van der Waals surface area contributed by atoms with Crippen LogP contribution in [0.4, 0.5) is 0 Å². The predicted molar refractivity (Wildman–Crippen MR) is 68.7 cm³/mol. The third-order valence-corrected chi connectivity index (χ3v) is 3.67.